The summed E-state index contributed by atoms with van der Waals surface area (Å²) in [5.41, 5.74) is 0.621. The first-order valence-electron chi connectivity index (χ1n) is 3.51. The van der Waals surface area contributed by atoms with Crippen LogP contribution in [0.1, 0.15) is 5.56 Å². The molecule has 0 amide bonds. The van der Waals surface area contributed by atoms with Crippen LogP contribution >= 0.6 is 11.3 Å². The minimum absolute atomic E-state index is 0.621. The molecular formula is C9H6NOS. The fourth-order valence-electron chi connectivity index (χ4n) is 1.05. The summed E-state index contributed by atoms with van der Waals surface area (Å²) >= 11 is 1.53. The van der Waals surface area contributed by atoms with Gasteiger partial charge in [0.2, 0.25) is 6.29 Å². The van der Waals surface area contributed by atoms with Gasteiger partial charge in [-0.05, 0) is 23.6 Å². The predicted molar refractivity (Wildman–Crippen MR) is 48.4 cm³/mol. The Balaban J connectivity index is 2.53. The van der Waals surface area contributed by atoms with Crippen LogP contribution in [0.15, 0.2) is 36.0 Å². The van der Waals surface area contributed by atoms with Crippen LogP contribution in [0.4, 0.5) is 0 Å². The van der Waals surface area contributed by atoms with Gasteiger partial charge in [-0.25, -0.2) is 0 Å². The van der Waals surface area contributed by atoms with Crippen LogP contribution in [0, 0.1) is 0 Å². The second kappa shape index (κ2) is 2.95. The Hall–Kier alpha value is -1.35. The Kier molecular flexibility index (Phi) is 1.80. The van der Waals surface area contributed by atoms with Gasteiger partial charge >= 0.3 is 0 Å². The second-order valence-corrected chi connectivity index (χ2v) is 3.23. The zero-order valence-corrected chi connectivity index (χ0v) is 7.04. The summed E-state index contributed by atoms with van der Waals surface area (Å²) in [6.07, 6.45) is 5.72. The molecule has 0 atom stereocenters. The van der Waals surface area contributed by atoms with E-state index in [1.807, 2.05) is 40.8 Å². The number of carbonyl (C=O) groups excluding carboxylic acids is 1. The largest absolute Gasteiger partial charge is 0.315 e. The third-order valence-corrected chi connectivity index (χ3v) is 2.52. The lowest BCUT2D eigenvalue weighted by Gasteiger charge is -1.97. The summed E-state index contributed by atoms with van der Waals surface area (Å²) in [4.78, 5) is 10.5. The van der Waals surface area contributed by atoms with Gasteiger partial charge in [-0.1, -0.05) is 0 Å². The standard InChI is InChI=1S/C9H6NOS/c11-7-8-3-6-12-9(8)10-4-1-2-5-10/h1-6H. The van der Waals surface area contributed by atoms with Crippen molar-refractivity contribution in [1.82, 2.24) is 4.57 Å². The highest BCUT2D eigenvalue weighted by Crippen LogP contribution is 2.19. The molecule has 2 heterocycles. The van der Waals surface area contributed by atoms with E-state index in [4.69, 9.17) is 0 Å². The second-order valence-electron chi connectivity index (χ2n) is 2.33. The van der Waals surface area contributed by atoms with Crippen molar-refractivity contribution in [3.63, 3.8) is 0 Å². The quantitative estimate of drug-likeness (QED) is 0.686. The number of nitrogens with zero attached hydrogens (tertiary/aromatic N) is 1. The first kappa shape index (κ1) is 7.31. The van der Waals surface area contributed by atoms with Gasteiger partial charge in [0.1, 0.15) is 5.00 Å². The zero-order chi connectivity index (χ0) is 8.39. The van der Waals surface area contributed by atoms with Gasteiger partial charge in [-0.15, -0.1) is 11.3 Å². The number of hydrogen-bond acceptors (Lipinski definition) is 2. The average Bonchev–Trinajstić information content (AvgIpc) is 2.74. The molecule has 0 unspecified atom stereocenters. The van der Waals surface area contributed by atoms with Crippen molar-refractivity contribution >= 4 is 17.6 Å². The molecule has 0 aliphatic heterocycles. The fraction of sp³-hybridized carbons (Fsp3) is 0. The molecule has 12 heavy (non-hydrogen) atoms. The van der Waals surface area contributed by atoms with Crippen molar-refractivity contribution in [3.05, 3.63) is 41.5 Å². The third-order valence-electron chi connectivity index (χ3n) is 1.59. The minimum Gasteiger partial charge on any atom is -0.315 e. The topological polar surface area (TPSA) is 22.0 Å². The molecule has 2 rings (SSSR count). The molecule has 0 aromatic carbocycles. The van der Waals surface area contributed by atoms with E-state index in [1.165, 1.54) is 11.3 Å². The number of aromatic nitrogens is 1. The predicted octanol–water partition coefficient (Wildman–Crippen LogP) is 2.00. The van der Waals surface area contributed by atoms with Crippen LogP contribution in [0.25, 0.3) is 5.00 Å². The van der Waals surface area contributed by atoms with Crippen LogP contribution in [-0.2, 0) is 4.79 Å². The van der Waals surface area contributed by atoms with Gasteiger partial charge in [0.05, 0.1) is 5.56 Å². The van der Waals surface area contributed by atoms with Crippen molar-refractivity contribution < 1.29 is 4.79 Å². The smallest absolute Gasteiger partial charge is 0.236 e. The molecule has 0 saturated carbocycles. The molecule has 0 N–H and O–H groups in total. The van der Waals surface area contributed by atoms with Crippen LogP contribution < -0.4 is 0 Å². The van der Waals surface area contributed by atoms with Crippen molar-refractivity contribution in [3.8, 4) is 5.00 Å². The molecule has 2 aromatic heterocycles. The first-order chi connectivity index (χ1) is 5.92. The van der Waals surface area contributed by atoms with Crippen LogP contribution in [0.5, 0.6) is 0 Å². The van der Waals surface area contributed by atoms with E-state index >= 15 is 0 Å². The lowest BCUT2D eigenvalue weighted by atomic mass is 10.3. The molecule has 59 valence electrons. The van der Waals surface area contributed by atoms with E-state index in [2.05, 4.69) is 0 Å². The van der Waals surface area contributed by atoms with Crippen LogP contribution in [0.3, 0.4) is 0 Å². The number of hydrogen-bond donors (Lipinski definition) is 0. The first-order valence-corrected chi connectivity index (χ1v) is 4.39. The average molecular weight is 176 g/mol. The molecule has 0 aliphatic rings. The summed E-state index contributed by atoms with van der Waals surface area (Å²) in [5.74, 6) is 0. The van der Waals surface area contributed by atoms with Gasteiger partial charge in [-0.2, -0.15) is 0 Å². The Bertz CT molecular complexity index is 375. The third kappa shape index (κ3) is 1.08. The van der Waals surface area contributed by atoms with Crippen LogP contribution in [-0.4, -0.2) is 10.9 Å². The molecule has 0 aliphatic carbocycles. The Morgan fingerprint density at radius 3 is 2.75 bits per heavy atom. The van der Waals surface area contributed by atoms with Gasteiger partial charge in [0, 0.05) is 12.4 Å². The molecule has 2 nitrogen and oxygen atoms in total. The summed E-state index contributed by atoms with van der Waals surface area (Å²) in [6.45, 7) is 0. The highest BCUT2D eigenvalue weighted by molar-refractivity contribution is 7.12. The van der Waals surface area contributed by atoms with Crippen molar-refractivity contribution in [2.45, 2.75) is 0 Å². The van der Waals surface area contributed by atoms with E-state index in [-0.39, 0.29) is 0 Å². The molecule has 0 bridgehead atoms. The Morgan fingerprint density at radius 2 is 2.08 bits per heavy atom. The van der Waals surface area contributed by atoms with E-state index < -0.39 is 0 Å². The number of thiophene rings is 1. The molecular weight excluding hydrogens is 170 g/mol. The molecule has 0 spiro atoms. The summed E-state index contributed by atoms with van der Waals surface area (Å²) < 4.78 is 1.91. The van der Waals surface area contributed by atoms with E-state index in [0.717, 1.165) is 5.00 Å². The van der Waals surface area contributed by atoms with Crippen molar-refractivity contribution in [1.29, 1.82) is 0 Å². The SMILES string of the molecule is O=[C]c1ccsc1-n1cccc1. The lowest BCUT2D eigenvalue weighted by Crippen LogP contribution is -1.89. The van der Waals surface area contributed by atoms with Gasteiger partial charge in [0.25, 0.3) is 0 Å². The Morgan fingerprint density at radius 1 is 1.33 bits per heavy atom. The summed E-state index contributed by atoms with van der Waals surface area (Å²) in [5, 5.41) is 2.81. The van der Waals surface area contributed by atoms with E-state index in [1.54, 1.807) is 6.07 Å². The van der Waals surface area contributed by atoms with Crippen molar-refractivity contribution in [2.24, 2.45) is 0 Å². The van der Waals surface area contributed by atoms with E-state index in [9.17, 15) is 4.79 Å². The molecule has 2 aromatic rings. The molecule has 0 fully saturated rings. The lowest BCUT2D eigenvalue weighted by molar-refractivity contribution is 0.562. The summed E-state index contributed by atoms with van der Waals surface area (Å²) in [7, 11) is 0. The maximum absolute atomic E-state index is 10.5. The van der Waals surface area contributed by atoms with Crippen molar-refractivity contribution in [2.75, 3.05) is 0 Å². The van der Waals surface area contributed by atoms with Gasteiger partial charge in [0.15, 0.2) is 0 Å². The monoisotopic (exact) mass is 176 g/mol. The normalized spacial score (nSPS) is 10.0. The molecule has 0 saturated heterocycles. The number of rotatable bonds is 2. The minimum atomic E-state index is 0.621. The Labute approximate surface area is 74.1 Å². The maximum atomic E-state index is 10.5. The summed E-state index contributed by atoms with van der Waals surface area (Å²) in [6, 6.07) is 5.62. The maximum Gasteiger partial charge on any atom is 0.236 e. The van der Waals surface area contributed by atoms with Crippen LogP contribution in [0.2, 0.25) is 0 Å². The fourth-order valence-corrected chi connectivity index (χ4v) is 1.86. The van der Waals surface area contributed by atoms with Gasteiger partial charge in [-0.3, -0.25) is 4.79 Å². The van der Waals surface area contributed by atoms with Gasteiger partial charge < -0.3 is 4.57 Å². The molecule has 1 radical (unpaired) electrons. The highest BCUT2D eigenvalue weighted by atomic mass is 32.1. The van der Waals surface area contributed by atoms with E-state index in [0.29, 0.717) is 5.56 Å². The highest BCUT2D eigenvalue weighted by Gasteiger charge is 2.03. The molecule has 3 heteroatoms. The zero-order valence-electron chi connectivity index (χ0n) is 6.23.